The standard InChI is InChI=1S/C25H26N6O4S/c1-34-22-12-15(10-17-14-29-25(28)30-24(17)27)11-21(23(22)35-2)16-4-3-5-19(13-16)31-36(32,33)20-8-6-18(26)7-9-20/h3-9,11-14,31H,10,26H2,1-2H3,(H4,27,28,29,30). The maximum Gasteiger partial charge on any atom is 0.261 e. The molecule has 0 saturated heterocycles. The highest BCUT2D eigenvalue weighted by Gasteiger charge is 2.18. The third kappa shape index (κ3) is 5.26. The highest BCUT2D eigenvalue weighted by molar-refractivity contribution is 7.92. The van der Waals surface area contributed by atoms with Crippen molar-refractivity contribution < 1.29 is 17.9 Å². The molecule has 10 nitrogen and oxygen atoms in total. The van der Waals surface area contributed by atoms with Crippen LogP contribution in [-0.4, -0.2) is 32.6 Å². The second-order valence-electron chi connectivity index (χ2n) is 7.95. The van der Waals surface area contributed by atoms with E-state index in [4.69, 9.17) is 26.7 Å². The molecule has 4 aromatic rings. The molecule has 0 fully saturated rings. The third-order valence-corrected chi connectivity index (χ3v) is 6.86. The van der Waals surface area contributed by atoms with Crippen molar-refractivity contribution in [1.82, 2.24) is 9.97 Å². The molecule has 0 bridgehead atoms. The molecule has 4 rings (SSSR count). The first kappa shape index (κ1) is 24.6. The fraction of sp³-hybridized carbons (Fsp3) is 0.120. The van der Waals surface area contributed by atoms with E-state index in [-0.39, 0.29) is 16.7 Å². The fourth-order valence-corrected chi connectivity index (χ4v) is 4.79. The Morgan fingerprint density at radius 1 is 0.944 bits per heavy atom. The molecule has 11 heteroatoms. The molecule has 7 N–H and O–H groups in total. The van der Waals surface area contributed by atoms with Crippen LogP contribution in [0.4, 0.5) is 23.1 Å². The topological polar surface area (TPSA) is 168 Å². The van der Waals surface area contributed by atoms with Crippen LogP contribution in [0.1, 0.15) is 11.1 Å². The van der Waals surface area contributed by atoms with Gasteiger partial charge < -0.3 is 26.7 Å². The van der Waals surface area contributed by atoms with Gasteiger partial charge in [-0.25, -0.2) is 13.4 Å². The summed E-state index contributed by atoms with van der Waals surface area (Å²) in [7, 11) is -0.727. The van der Waals surface area contributed by atoms with Gasteiger partial charge in [0.15, 0.2) is 11.5 Å². The molecule has 3 aromatic carbocycles. The Bertz CT molecular complexity index is 1510. The average Bonchev–Trinajstić information content (AvgIpc) is 2.85. The molecule has 0 spiro atoms. The van der Waals surface area contributed by atoms with E-state index in [1.165, 1.54) is 24.3 Å². The second-order valence-corrected chi connectivity index (χ2v) is 9.63. The first-order chi connectivity index (χ1) is 17.2. The quantitative estimate of drug-likeness (QED) is 0.262. The Hall–Kier alpha value is -4.51. The summed E-state index contributed by atoms with van der Waals surface area (Å²) in [6.45, 7) is 0. The molecule has 1 heterocycles. The van der Waals surface area contributed by atoms with Crippen LogP contribution in [0.15, 0.2) is 71.8 Å². The summed E-state index contributed by atoms with van der Waals surface area (Å²) >= 11 is 0. The maximum absolute atomic E-state index is 12.9. The lowest BCUT2D eigenvalue weighted by atomic mass is 9.97. The lowest BCUT2D eigenvalue weighted by Crippen LogP contribution is -2.13. The van der Waals surface area contributed by atoms with Gasteiger partial charge in [0.2, 0.25) is 5.95 Å². The number of ether oxygens (including phenoxy) is 2. The van der Waals surface area contributed by atoms with Gasteiger partial charge in [-0.05, 0) is 59.7 Å². The summed E-state index contributed by atoms with van der Waals surface area (Å²) in [4.78, 5) is 8.15. The Labute approximate surface area is 209 Å². The number of nitrogens with two attached hydrogens (primary N) is 3. The van der Waals surface area contributed by atoms with Crippen LogP contribution in [0.2, 0.25) is 0 Å². The number of anilines is 4. The van der Waals surface area contributed by atoms with Crippen LogP contribution in [0.25, 0.3) is 11.1 Å². The van der Waals surface area contributed by atoms with Crippen molar-refractivity contribution >= 4 is 33.2 Å². The van der Waals surface area contributed by atoms with E-state index in [1.54, 1.807) is 38.6 Å². The third-order valence-electron chi connectivity index (χ3n) is 5.47. The highest BCUT2D eigenvalue weighted by Crippen LogP contribution is 2.40. The molecule has 0 unspecified atom stereocenters. The maximum atomic E-state index is 12.9. The number of rotatable bonds is 8. The highest BCUT2D eigenvalue weighted by atomic mass is 32.2. The first-order valence-electron chi connectivity index (χ1n) is 10.8. The van der Waals surface area contributed by atoms with E-state index in [9.17, 15) is 8.42 Å². The van der Waals surface area contributed by atoms with E-state index in [0.29, 0.717) is 46.0 Å². The number of nitrogens with one attached hydrogen (secondary N) is 1. The minimum absolute atomic E-state index is 0.0995. The smallest absolute Gasteiger partial charge is 0.261 e. The van der Waals surface area contributed by atoms with Crippen LogP contribution in [0.3, 0.4) is 0 Å². The summed E-state index contributed by atoms with van der Waals surface area (Å²) in [5.41, 5.74) is 21.1. The summed E-state index contributed by atoms with van der Waals surface area (Å²) < 4.78 is 39.6. The van der Waals surface area contributed by atoms with Gasteiger partial charge in [0, 0.05) is 35.1 Å². The van der Waals surface area contributed by atoms with Gasteiger partial charge >= 0.3 is 0 Å². The van der Waals surface area contributed by atoms with Gasteiger partial charge in [-0.3, -0.25) is 4.72 Å². The molecule has 0 saturated carbocycles. The van der Waals surface area contributed by atoms with Gasteiger partial charge in [-0.2, -0.15) is 4.98 Å². The number of hydrogen-bond donors (Lipinski definition) is 4. The Kier molecular flexibility index (Phi) is 6.84. The lowest BCUT2D eigenvalue weighted by Gasteiger charge is -2.17. The number of methoxy groups -OCH3 is 2. The number of nitrogen functional groups attached to an aromatic ring is 3. The van der Waals surface area contributed by atoms with Crippen LogP contribution in [0.5, 0.6) is 11.5 Å². The zero-order valence-electron chi connectivity index (χ0n) is 19.7. The minimum Gasteiger partial charge on any atom is -0.493 e. The second kappa shape index (κ2) is 10.0. The van der Waals surface area contributed by atoms with Crippen molar-refractivity contribution in [3.63, 3.8) is 0 Å². The van der Waals surface area contributed by atoms with Gasteiger partial charge in [0.1, 0.15) is 5.82 Å². The SMILES string of the molecule is COc1cc(Cc2cnc(N)nc2N)cc(-c2cccc(NS(=O)(=O)c3ccc(N)cc3)c2)c1OC. The number of hydrogen-bond acceptors (Lipinski definition) is 9. The Morgan fingerprint density at radius 3 is 2.36 bits per heavy atom. The molecule has 1 aromatic heterocycles. The number of nitrogens with zero attached hydrogens (tertiary/aromatic N) is 2. The zero-order chi connectivity index (χ0) is 25.9. The Morgan fingerprint density at radius 2 is 1.69 bits per heavy atom. The number of aromatic nitrogens is 2. The van der Waals surface area contributed by atoms with Gasteiger partial charge in [-0.15, -0.1) is 0 Å². The van der Waals surface area contributed by atoms with E-state index >= 15 is 0 Å². The van der Waals surface area contributed by atoms with Crippen LogP contribution < -0.4 is 31.4 Å². The molecule has 0 radical (unpaired) electrons. The molecular formula is C25H26N6O4S. The summed E-state index contributed by atoms with van der Waals surface area (Å²) in [5.74, 6) is 1.40. The van der Waals surface area contributed by atoms with Gasteiger partial charge in [0.25, 0.3) is 10.0 Å². The monoisotopic (exact) mass is 506 g/mol. The van der Waals surface area contributed by atoms with Crippen molar-refractivity contribution in [2.45, 2.75) is 11.3 Å². The van der Waals surface area contributed by atoms with Crippen molar-refractivity contribution in [2.24, 2.45) is 0 Å². The van der Waals surface area contributed by atoms with Crippen LogP contribution in [0, 0.1) is 0 Å². The molecule has 36 heavy (non-hydrogen) atoms. The van der Waals surface area contributed by atoms with Gasteiger partial charge in [0.05, 0.1) is 19.1 Å². The molecule has 186 valence electrons. The van der Waals surface area contributed by atoms with E-state index in [2.05, 4.69) is 14.7 Å². The molecule has 0 aliphatic rings. The first-order valence-corrected chi connectivity index (χ1v) is 12.3. The van der Waals surface area contributed by atoms with Gasteiger partial charge in [-0.1, -0.05) is 12.1 Å². The predicted molar refractivity (Wildman–Crippen MR) is 140 cm³/mol. The zero-order valence-corrected chi connectivity index (χ0v) is 20.5. The normalized spacial score (nSPS) is 11.2. The molecular weight excluding hydrogens is 480 g/mol. The van der Waals surface area contributed by atoms with Crippen molar-refractivity contribution in [3.8, 4) is 22.6 Å². The van der Waals surface area contributed by atoms with E-state index in [0.717, 1.165) is 5.56 Å². The molecule has 0 aliphatic carbocycles. The van der Waals surface area contributed by atoms with E-state index < -0.39 is 10.0 Å². The van der Waals surface area contributed by atoms with Crippen LogP contribution in [-0.2, 0) is 16.4 Å². The summed E-state index contributed by atoms with van der Waals surface area (Å²) in [6, 6.07) is 16.7. The minimum atomic E-state index is -3.81. The lowest BCUT2D eigenvalue weighted by molar-refractivity contribution is 0.356. The van der Waals surface area contributed by atoms with Crippen molar-refractivity contribution in [1.29, 1.82) is 0 Å². The van der Waals surface area contributed by atoms with Crippen molar-refractivity contribution in [3.05, 3.63) is 78.0 Å². The molecule has 0 aliphatic heterocycles. The Balaban J connectivity index is 1.73. The predicted octanol–water partition coefficient (Wildman–Crippen LogP) is 3.30. The number of benzene rings is 3. The molecule has 0 amide bonds. The van der Waals surface area contributed by atoms with Crippen molar-refractivity contribution in [2.75, 3.05) is 36.1 Å². The number of sulfonamides is 1. The fourth-order valence-electron chi connectivity index (χ4n) is 3.74. The summed E-state index contributed by atoms with van der Waals surface area (Å²) in [5, 5.41) is 0. The van der Waals surface area contributed by atoms with Crippen LogP contribution >= 0.6 is 0 Å². The van der Waals surface area contributed by atoms with E-state index in [1.807, 2.05) is 18.2 Å². The average molecular weight is 507 g/mol. The molecule has 0 atom stereocenters. The largest absolute Gasteiger partial charge is 0.493 e. The summed E-state index contributed by atoms with van der Waals surface area (Å²) in [6.07, 6.45) is 2.00.